The van der Waals surface area contributed by atoms with Gasteiger partial charge >= 0.3 is 0 Å². The van der Waals surface area contributed by atoms with Gasteiger partial charge in [0.15, 0.2) is 12.4 Å². The van der Waals surface area contributed by atoms with E-state index in [-0.39, 0.29) is 12.5 Å². The number of hydrogen-bond donors (Lipinski definition) is 1. The number of nitrogens with one attached hydrogen (secondary N) is 1. The van der Waals surface area contributed by atoms with Crippen LogP contribution >= 0.6 is 0 Å². The van der Waals surface area contributed by atoms with Crippen molar-refractivity contribution in [2.24, 2.45) is 0 Å². The second-order valence-corrected chi connectivity index (χ2v) is 5.52. The molecule has 122 valence electrons. The van der Waals surface area contributed by atoms with Crippen molar-refractivity contribution in [2.45, 2.75) is 38.8 Å². The van der Waals surface area contributed by atoms with E-state index in [1.807, 2.05) is 0 Å². The summed E-state index contributed by atoms with van der Waals surface area (Å²) >= 11 is 0. The van der Waals surface area contributed by atoms with Gasteiger partial charge in [0.1, 0.15) is 17.4 Å². The summed E-state index contributed by atoms with van der Waals surface area (Å²) in [5.41, 5.74) is 0. The maximum absolute atomic E-state index is 13.0. The van der Waals surface area contributed by atoms with E-state index in [2.05, 4.69) is 20.1 Å². The number of hydrogen-bond acceptors (Lipinski definition) is 4. The number of ether oxygens (including phenoxy) is 1. The zero-order valence-electron chi connectivity index (χ0n) is 12.8. The maximum Gasteiger partial charge on any atom is 0.258 e. The summed E-state index contributed by atoms with van der Waals surface area (Å²) in [6.45, 7) is 1.05. The molecule has 0 fully saturated rings. The first-order valence-electron chi connectivity index (χ1n) is 7.78. The summed E-state index contributed by atoms with van der Waals surface area (Å²) in [6.07, 6.45) is 4.36. The molecule has 1 N–H and O–H groups in total. The van der Waals surface area contributed by atoms with Crippen molar-refractivity contribution in [1.29, 1.82) is 0 Å². The third-order valence-electron chi connectivity index (χ3n) is 3.80. The van der Waals surface area contributed by atoms with Crippen LogP contribution in [0.5, 0.6) is 5.75 Å². The van der Waals surface area contributed by atoms with Gasteiger partial charge in [0.25, 0.3) is 5.91 Å². The van der Waals surface area contributed by atoms with Crippen LogP contribution in [0.15, 0.2) is 24.3 Å². The minimum absolute atomic E-state index is 0.162. The molecule has 3 rings (SSSR count). The molecule has 0 bridgehead atoms. The van der Waals surface area contributed by atoms with Crippen LogP contribution in [0.25, 0.3) is 0 Å². The molecule has 1 amide bonds. The summed E-state index contributed by atoms with van der Waals surface area (Å²) in [7, 11) is 0. The highest BCUT2D eigenvalue weighted by molar-refractivity contribution is 5.77. The Morgan fingerprint density at radius 2 is 2.22 bits per heavy atom. The van der Waals surface area contributed by atoms with Gasteiger partial charge in [-0.15, -0.1) is 10.2 Å². The van der Waals surface area contributed by atoms with Crippen LogP contribution in [-0.2, 0) is 24.3 Å². The first kappa shape index (κ1) is 15.5. The van der Waals surface area contributed by atoms with Gasteiger partial charge in [-0.05, 0) is 25.0 Å². The monoisotopic (exact) mass is 318 g/mol. The zero-order chi connectivity index (χ0) is 16.1. The van der Waals surface area contributed by atoms with Gasteiger partial charge in [0, 0.05) is 19.0 Å². The van der Waals surface area contributed by atoms with Crippen molar-refractivity contribution in [1.82, 2.24) is 20.1 Å². The van der Waals surface area contributed by atoms with Crippen molar-refractivity contribution in [3.63, 3.8) is 0 Å². The van der Waals surface area contributed by atoms with Gasteiger partial charge in [0.2, 0.25) is 0 Å². The van der Waals surface area contributed by atoms with E-state index in [1.165, 1.54) is 24.6 Å². The molecule has 23 heavy (non-hydrogen) atoms. The van der Waals surface area contributed by atoms with Crippen LogP contribution in [0, 0.1) is 5.82 Å². The van der Waals surface area contributed by atoms with E-state index in [0.29, 0.717) is 12.3 Å². The minimum Gasteiger partial charge on any atom is -0.484 e. The predicted octanol–water partition coefficient (Wildman–Crippen LogP) is 1.84. The molecule has 6 nitrogen and oxygen atoms in total. The number of carbonyl (C=O) groups excluding carboxylic acids is 1. The molecule has 2 heterocycles. The first-order valence-corrected chi connectivity index (χ1v) is 7.78. The Kier molecular flexibility index (Phi) is 4.85. The molecule has 2 aromatic rings. The maximum atomic E-state index is 13.0. The fourth-order valence-corrected chi connectivity index (χ4v) is 2.61. The van der Waals surface area contributed by atoms with E-state index in [4.69, 9.17) is 4.74 Å². The number of aromatic nitrogens is 3. The van der Waals surface area contributed by atoms with Gasteiger partial charge in [-0.2, -0.15) is 0 Å². The van der Waals surface area contributed by atoms with Crippen molar-refractivity contribution < 1.29 is 13.9 Å². The third kappa shape index (κ3) is 4.06. The molecule has 0 atom stereocenters. The fraction of sp³-hybridized carbons (Fsp3) is 0.438. The van der Waals surface area contributed by atoms with Gasteiger partial charge in [0.05, 0.1) is 6.54 Å². The molecule has 1 aromatic carbocycles. The lowest BCUT2D eigenvalue weighted by atomic mass is 10.2. The second-order valence-electron chi connectivity index (χ2n) is 5.52. The molecular weight excluding hydrogens is 299 g/mol. The first-order chi connectivity index (χ1) is 11.2. The Balaban J connectivity index is 1.50. The van der Waals surface area contributed by atoms with Crippen molar-refractivity contribution in [3.8, 4) is 5.75 Å². The zero-order valence-corrected chi connectivity index (χ0v) is 12.8. The molecule has 1 aliphatic rings. The van der Waals surface area contributed by atoms with Crippen LogP contribution in [0.1, 0.15) is 30.9 Å². The van der Waals surface area contributed by atoms with Crippen LogP contribution in [0.2, 0.25) is 0 Å². The van der Waals surface area contributed by atoms with Crippen molar-refractivity contribution in [3.05, 3.63) is 41.7 Å². The molecule has 1 aromatic heterocycles. The molecule has 1 aliphatic heterocycles. The standard InChI is InChI=1S/C16H19FN4O2/c17-12-5-4-6-13(9-12)23-11-16(22)18-10-15-20-19-14-7-2-1-3-8-21(14)15/h4-6,9H,1-3,7-8,10-11H2,(H,18,22). The van der Waals surface area contributed by atoms with E-state index in [0.717, 1.165) is 37.5 Å². The lowest BCUT2D eigenvalue weighted by Gasteiger charge is -2.09. The molecule has 0 spiro atoms. The van der Waals surface area contributed by atoms with E-state index < -0.39 is 5.82 Å². The fourth-order valence-electron chi connectivity index (χ4n) is 2.61. The number of nitrogens with zero attached hydrogens (tertiary/aromatic N) is 3. The summed E-state index contributed by atoms with van der Waals surface area (Å²) in [5, 5.41) is 11.1. The number of halogens is 1. The van der Waals surface area contributed by atoms with Crippen molar-refractivity contribution in [2.75, 3.05) is 6.61 Å². The Bertz CT molecular complexity index is 686. The number of amides is 1. The molecule has 0 radical (unpaired) electrons. The van der Waals surface area contributed by atoms with E-state index in [1.54, 1.807) is 6.07 Å². The normalized spacial score (nSPS) is 14.0. The number of aryl methyl sites for hydroxylation is 1. The Morgan fingerprint density at radius 1 is 1.30 bits per heavy atom. The summed E-state index contributed by atoms with van der Waals surface area (Å²) in [4.78, 5) is 11.8. The summed E-state index contributed by atoms with van der Waals surface area (Å²) in [6, 6.07) is 5.71. The van der Waals surface area contributed by atoms with Crippen LogP contribution in [0.4, 0.5) is 4.39 Å². The Labute approximate surface area is 133 Å². The Morgan fingerprint density at radius 3 is 3.09 bits per heavy atom. The number of fused-ring (bicyclic) bond motifs is 1. The minimum atomic E-state index is -0.394. The van der Waals surface area contributed by atoms with Crippen LogP contribution in [-0.4, -0.2) is 27.3 Å². The lowest BCUT2D eigenvalue weighted by molar-refractivity contribution is -0.123. The van der Waals surface area contributed by atoms with Gasteiger partial charge in [-0.3, -0.25) is 4.79 Å². The lowest BCUT2D eigenvalue weighted by Crippen LogP contribution is -2.29. The van der Waals surface area contributed by atoms with E-state index in [9.17, 15) is 9.18 Å². The summed E-state index contributed by atoms with van der Waals surface area (Å²) < 4.78 is 20.4. The highest BCUT2D eigenvalue weighted by Gasteiger charge is 2.15. The van der Waals surface area contributed by atoms with Gasteiger partial charge in [-0.25, -0.2) is 4.39 Å². The molecule has 0 aliphatic carbocycles. The topological polar surface area (TPSA) is 69.0 Å². The molecular formula is C16H19FN4O2. The van der Waals surface area contributed by atoms with Gasteiger partial charge < -0.3 is 14.6 Å². The van der Waals surface area contributed by atoms with Crippen LogP contribution < -0.4 is 10.1 Å². The SMILES string of the molecule is O=C(COc1cccc(F)c1)NCc1nnc2n1CCCCC2. The molecule has 0 saturated carbocycles. The predicted molar refractivity (Wildman–Crippen MR) is 81.3 cm³/mol. The highest BCUT2D eigenvalue weighted by atomic mass is 19.1. The third-order valence-corrected chi connectivity index (χ3v) is 3.80. The molecule has 0 saturated heterocycles. The highest BCUT2D eigenvalue weighted by Crippen LogP contribution is 2.14. The number of carbonyl (C=O) groups is 1. The molecule has 7 heteroatoms. The summed E-state index contributed by atoms with van der Waals surface area (Å²) in [5.74, 6) is 1.41. The largest absolute Gasteiger partial charge is 0.484 e. The smallest absolute Gasteiger partial charge is 0.258 e. The van der Waals surface area contributed by atoms with Crippen molar-refractivity contribution >= 4 is 5.91 Å². The second kappa shape index (κ2) is 7.21. The van der Waals surface area contributed by atoms with Gasteiger partial charge in [-0.1, -0.05) is 12.5 Å². The van der Waals surface area contributed by atoms with Crippen LogP contribution in [0.3, 0.4) is 0 Å². The quantitative estimate of drug-likeness (QED) is 0.913. The average molecular weight is 318 g/mol. The number of benzene rings is 1. The number of rotatable bonds is 5. The Hall–Kier alpha value is -2.44. The average Bonchev–Trinajstić information content (AvgIpc) is 2.77. The molecule has 0 unspecified atom stereocenters. The van der Waals surface area contributed by atoms with E-state index >= 15 is 0 Å².